The predicted octanol–water partition coefficient (Wildman–Crippen LogP) is 4.51. The van der Waals surface area contributed by atoms with Crippen molar-refractivity contribution in [3.63, 3.8) is 0 Å². The molecule has 3 aliphatic heterocycles. The zero-order chi connectivity index (χ0) is 28.6. The summed E-state index contributed by atoms with van der Waals surface area (Å²) in [4.78, 5) is 48.4. The maximum atomic E-state index is 14.4. The molecule has 1 N–H and O–H groups in total. The summed E-state index contributed by atoms with van der Waals surface area (Å²) >= 11 is 1.76. The molecule has 1 spiro atoms. The summed E-state index contributed by atoms with van der Waals surface area (Å²) < 4.78 is -0.583. The Labute approximate surface area is 240 Å². The minimum absolute atomic E-state index is 0.0156. The molecule has 8 heteroatoms. The molecule has 3 rings (SSSR count). The molecule has 0 aromatic rings. The first-order valence-electron chi connectivity index (χ1n) is 15.2. The zero-order valence-electron chi connectivity index (χ0n) is 24.5. The average molecular weight is 562 g/mol. The van der Waals surface area contributed by atoms with Crippen LogP contribution in [0.15, 0.2) is 25.3 Å². The van der Waals surface area contributed by atoms with Crippen molar-refractivity contribution in [2.45, 2.75) is 94.6 Å². The quantitative estimate of drug-likeness (QED) is 0.197. The Morgan fingerprint density at radius 2 is 1.67 bits per heavy atom. The molecule has 7 nitrogen and oxygen atoms in total. The van der Waals surface area contributed by atoms with Crippen molar-refractivity contribution in [2.75, 3.05) is 39.3 Å². The van der Waals surface area contributed by atoms with Crippen molar-refractivity contribution in [3.8, 4) is 0 Å². The van der Waals surface area contributed by atoms with Crippen LogP contribution in [0.2, 0.25) is 0 Å². The molecule has 0 aromatic carbocycles. The second kappa shape index (κ2) is 14.7. The molecule has 6 atom stereocenters. The number of carbonyl (C=O) groups is 3. The van der Waals surface area contributed by atoms with Crippen LogP contribution in [0, 0.1) is 17.8 Å². The number of carbonyl (C=O) groups excluding carboxylic acids is 3. The van der Waals surface area contributed by atoms with Gasteiger partial charge in [-0.15, -0.1) is 24.9 Å². The Kier molecular flexibility index (Phi) is 12.0. The number of amides is 3. The Morgan fingerprint density at radius 1 is 1.00 bits per heavy atom. The molecule has 3 amide bonds. The van der Waals surface area contributed by atoms with Crippen LogP contribution >= 0.6 is 11.8 Å². The van der Waals surface area contributed by atoms with E-state index in [1.807, 2.05) is 14.7 Å². The lowest BCUT2D eigenvalue weighted by Crippen LogP contribution is -2.57. The Morgan fingerprint density at radius 3 is 2.28 bits per heavy atom. The van der Waals surface area contributed by atoms with E-state index in [1.54, 1.807) is 23.9 Å². The van der Waals surface area contributed by atoms with E-state index in [1.165, 1.54) is 0 Å². The van der Waals surface area contributed by atoms with Crippen molar-refractivity contribution < 1.29 is 19.5 Å². The summed E-state index contributed by atoms with van der Waals surface area (Å²) in [6.45, 7) is 17.1. The van der Waals surface area contributed by atoms with Crippen molar-refractivity contribution in [1.82, 2.24) is 14.7 Å². The van der Waals surface area contributed by atoms with E-state index in [0.717, 1.165) is 57.8 Å². The normalized spacial score (nSPS) is 29.0. The molecule has 39 heavy (non-hydrogen) atoms. The Hall–Kier alpha value is -1.80. The van der Waals surface area contributed by atoms with Crippen LogP contribution in [0.3, 0.4) is 0 Å². The third-order valence-electron chi connectivity index (χ3n) is 8.92. The number of fused-ring (bicyclic) bond motifs is 1. The van der Waals surface area contributed by atoms with Gasteiger partial charge in [0.2, 0.25) is 17.7 Å². The van der Waals surface area contributed by atoms with Gasteiger partial charge in [0.05, 0.1) is 16.6 Å². The first-order chi connectivity index (χ1) is 18.8. The number of aliphatic hydroxyl groups is 1. The maximum Gasteiger partial charge on any atom is 0.247 e. The molecule has 3 fully saturated rings. The summed E-state index contributed by atoms with van der Waals surface area (Å²) in [5, 5.41) is 9.23. The summed E-state index contributed by atoms with van der Waals surface area (Å²) in [7, 11) is 0. The van der Waals surface area contributed by atoms with Crippen LogP contribution in [0.25, 0.3) is 0 Å². The average Bonchev–Trinajstić information content (AvgIpc) is 3.51. The standard InChI is InChI=1S/C31H51N3O4S/c1-6-10-13-19-33(18-9-4)30(38)27-31-23(5)22-24(39-31)25(28(36)32(16-7-2)17-8-3)26(31)29(37)34(27)20-14-11-12-15-21-35/h7,9,23-27,35H,2,4,6,8,10-22H2,1,3,5H3/t23?,24-,25+,26+,27?,31?/m1/s1. The van der Waals surface area contributed by atoms with E-state index in [-0.39, 0.29) is 35.5 Å². The molecule has 3 saturated heterocycles. The van der Waals surface area contributed by atoms with Gasteiger partial charge in [-0.2, -0.15) is 0 Å². The van der Waals surface area contributed by atoms with Crippen LogP contribution in [0.1, 0.15) is 78.6 Å². The van der Waals surface area contributed by atoms with Gasteiger partial charge in [-0.05, 0) is 38.0 Å². The van der Waals surface area contributed by atoms with Gasteiger partial charge in [-0.1, -0.05) is 58.6 Å². The number of unbranched alkanes of at least 4 members (excludes halogenated alkanes) is 5. The Balaban J connectivity index is 1.99. The fourth-order valence-electron chi connectivity index (χ4n) is 7.17. The molecule has 220 valence electrons. The first-order valence-corrected chi connectivity index (χ1v) is 16.1. The number of likely N-dealkylation sites (tertiary alicyclic amines) is 1. The third kappa shape index (κ3) is 6.27. The van der Waals surface area contributed by atoms with E-state index < -0.39 is 22.6 Å². The molecular weight excluding hydrogens is 510 g/mol. The lowest BCUT2D eigenvalue weighted by molar-refractivity contribution is -0.144. The molecule has 3 heterocycles. The number of nitrogens with zero attached hydrogens (tertiary/aromatic N) is 3. The molecule has 0 aliphatic carbocycles. The molecule has 0 radical (unpaired) electrons. The molecule has 3 aliphatic rings. The van der Waals surface area contributed by atoms with E-state index in [2.05, 4.69) is 33.9 Å². The van der Waals surface area contributed by atoms with Gasteiger partial charge >= 0.3 is 0 Å². The second-order valence-corrected chi connectivity index (χ2v) is 13.1. The van der Waals surface area contributed by atoms with Gasteiger partial charge in [-0.3, -0.25) is 14.4 Å². The monoisotopic (exact) mass is 561 g/mol. The first kappa shape index (κ1) is 31.7. The smallest absolute Gasteiger partial charge is 0.247 e. The lowest BCUT2D eigenvalue weighted by Gasteiger charge is -2.41. The van der Waals surface area contributed by atoms with Gasteiger partial charge in [-0.25, -0.2) is 0 Å². The zero-order valence-corrected chi connectivity index (χ0v) is 25.3. The van der Waals surface area contributed by atoms with Gasteiger partial charge in [0, 0.05) is 44.6 Å². The highest BCUT2D eigenvalue weighted by atomic mass is 32.2. The van der Waals surface area contributed by atoms with E-state index in [0.29, 0.717) is 32.7 Å². The predicted molar refractivity (Wildman–Crippen MR) is 159 cm³/mol. The van der Waals surface area contributed by atoms with Crippen LogP contribution in [-0.2, 0) is 14.4 Å². The van der Waals surface area contributed by atoms with E-state index in [4.69, 9.17) is 0 Å². The second-order valence-electron chi connectivity index (χ2n) is 11.6. The fourth-order valence-corrected chi connectivity index (χ4v) is 9.58. The number of aliphatic hydroxyl groups excluding tert-OH is 1. The highest BCUT2D eigenvalue weighted by Gasteiger charge is 2.76. The lowest BCUT2D eigenvalue weighted by atomic mass is 9.65. The largest absolute Gasteiger partial charge is 0.396 e. The van der Waals surface area contributed by atoms with Gasteiger partial charge in [0.15, 0.2) is 0 Å². The van der Waals surface area contributed by atoms with Crippen molar-refractivity contribution >= 4 is 29.5 Å². The molecule has 0 saturated carbocycles. The minimum atomic E-state index is -0.583. The van der Waals surface area contributed by atoms with Crippen molar-refractivity contribution in [2.24, 2.45) is 17.8 Å². The fraction of sp³-hybridized carbons (Fsp3) is 0.774. The summed E-state index contributed by atoms with van der Waals surface area (Å²) in [5.74, 6) is -0.657. The van der Waals surface area contributed by atoms with E-state index >= 15 is 0 Å². The highest BCUT2D eigenvalue weighted by Crippen LogP contribution is 2.68. The number of thioether (sulfide) groups is 1. The number of rotatable bonds is 18. The van der Waals surface area contributed by atoms with Crippen LogP contribution in [-0.4, -0.2) is 92.9 Å². The summed E-state index contributed by atoms with van der Waals surface area (Å²) in [6, 6.07) is -0.559. The summed E-state index contributed by atoms with van der Waals surface area (Å²) in [6.07, 6.45) is 11.6. The highest BCUT2D eigenvalue weighted by molar-refractivity contribution is 8.02. The maximum absolute atomic E-state index is 14.4. The van der Waals surface area contributed by atoms with Crippen LogP contribution in [0.5, 0.6) is 0 Å². The molecule has 0 aromatic heterocycles. The van der Waals surface area contributed by atoms with Gasteiger partial charge in [0.25, 0.3) is 0 Å². The molecule has 3 unspecified atom stereocenters. The summed E-state index contributed by atoms with van der Waals surface area (Å²) in [5.41, 5.74) is 0. The van der Waals surface area contributed by atoms with Crippen LogP contribution in [0.4, 0.5) is 0 Å². The number of hydrogen-bond acceptors (Lipinski definition) is 5. The molecule has 2 bridgehead atoms. The minimum Gasteiger partial charge on any atom is -0.396 e. The topological polar surface area (TPSA) is 81.2 Å². The van der Waals surface area contributed by atoms with E-state index in [9.17, 15) is 19.5 Å². The van der Waals surface area contributed by atoms with Crippen molar-refractivity contribution in [1.29, 1.82) is 0 Å². The van der Waals surface area contributed by atoms with Gasteiger partial charge in [0.1, 0.15) is 6.04 Å². The third-order valence-corrected chi connectivity index (χ3v) is 11.0. The Bertz CT molecular complexity index is 882. The van der Waals surface area contributed by atoms with Crippen LogP contribution < -0.4 is 0 Å². The number of hydrogen-bond donors (Lipinski definition) is 1. The molecular formula is C31H51N3O4S. The van der Waals surface area contributed by atoms with Crippen molar-refractivity contribution in [3.05, 3.63) is 25.3 Å². The van der Waals surface area contributed by atoms with Gasteiger partial charge < -0.3 is 19.8 Å². The SMILES string of the molecule is C=CCN(CCCCC)C(=O)C1N(CCCCCCO)C(=O)[C@@H]2[C@@H](C(=O)N(CC=C)CCC)[C@H]3CC(C)C12S3.